The van der Waals surface area contributed by atoms with E-state index in [1.807, 2.05) is 0 Å². The van der Waals surface area contributed by atoms with Crippen molar-refractivity contribution in [1.82, 2.24) is 15.1 Å². The molecule has 2 rings (SSSR count). The minimum Gasteiger partial charge on any atom is -0.472 e. The van der Waals surface area contributed by atoms with E-state index < -0.39 is 0 Å². The number of morpholine rings is 1. The number of carbonyl (C=O) groups is 2. The van der Waals surface area contributed by atoms with Gasteiger partial charge in [-0.1, -0.05) is 13.8 Å². The monoisotopic (exact) mass is 351 g/mol. The summed E-state index contributed by atoms with van der Waals surface area (Å²) >= 11 is 0. The topological polar surface area (TPSA) is 75.0 Å². The Morgan fingerprint density at radius 2 is 2.08 bits per heavy atom. The number of nitrogens with one attached hydrogen (secondary N) is 1. The molecule has 0 unspecified atom stereocenters. The molecular formula is C18H29N3O4. The summed E-state index contributed by atoms with van der Waals surface area (Å²) in [7, 11) is 0. The van der Waals surface area contributed by atoms with Gasteiger partial charge in [0.05, 0.1) is 25.0 Å². The molecule has 0 bridgehead atoms. The molecule has 0 atom stereocenters. The van der Waals surface area contributed by atoms with Crippen molar-refractivity contribution in [2.24, 2.45) is 5.92 Å². The number of amides is 2. The van der Waals surface area contributed by atoms with Gasteiger partial charge in [0.15, 0.2) is 0 Å². The summed E-state index contributed by atoms with van der Waals surface area (Å²) in [6.07, 6.45) is 3.23. The van der Waals surface area contributed by atoms with E-state index >= 15 is 0 Å². The van der Waals surface area contributed by atoms with Gasteiger partial charge < -0.3 is 19.4 Å². The lowest BCUT2D eigenvalue weighted by atomic mass is 10.1. The molecule has 1 aliphatic rings. The Kier molecular flexibility index (Phi) is 7.94. The quantitative estimate of drug-likeness (QED) is 0.724. The summed E-state index contributed by atoms with van der Waals surface area (Å²) in [5.41, 5.74) is 0.522. The molecule has 0 radical (unpaired) electrons. The summed E-state index contributed by atoms with van der Waals surface area (Å²) in [5.74, 6) is 0.214. The van der Waals surface area contributed by atoms with Crippen LogP contribution in [0.1, 0.15) is 30.6 Å². The average Bonchev–Trinajstić information content (AvgIpc) is 3.13. The van der Waals surface area contributed by atoms with Crippen molar-refractivity contribution in [3.8, 4) is 0 Å². The number of hydrogen-bond acceptors (Lipinski definition) is 5. The van der Waals surface area contributed by atoms with Crippen LogP contribution in [-0.4, -0.2) is 74.1 Å². The molecule has 7 nitrogen and oxygen atoms in total. The third kappa shape index (κ3) is 6.88. The number of furan rings is 1. The predicted molar refractivity (Wildman–Crippen MR) is 94.3 cm³/mol. The fraction of sp³-hybridized carbons (Fsp3) is 0.667. The van der Waals surface area contributed by atoms with Gasteiger partial charge in [-0.3, -0.25) is 14.5 Å². The highest BCUT2D eigenvalue weighted by atomic mass is 16.5. The van der Waals surface area contributed by atoms with Gasteiger partial charge in [0.2, 0.25) is 5.91 Å². The van der Waals surface area contributed by atoms with Gasteiger partial charge in [-0.05, 0) is 12.0 Å². The van der Waals surface area contributed by atoms with Crippen LogP contribution in [0.25, 0.3) is 0 Å². The van der Waals surface area contributed by atoms with E-state index in [9.17, 15) is 9.59 Å². The molecule has 0 spiro atoms. The molecule has 1 fully saturated rings. The molecule has 1 N–H and O–H groups in total. The second kappa shape index (κ2) is 10.2. The van der Waals surface area contributed by atoms with Crippen molar-refractivity contribution < 1.29 is 18.7 Å². The first kappa shape index (κ1) is 19.5. The minimum atomic E-state index is -0.0939. The van der Waals surface area contributed by atoms with Crippen molar-refractivity contribution in [3.05, 3.63) is 24.2 Å². The van der Waals surface area contributed by atoms with Crippen LogP contribution < -0.4 is 5.32 Å². The second-order valence-corrected chi connectivity index (χ2v) is 6.71. The Balaban J connectivity index is 1.73. The summed E-state index contributed by atoms with van der Waals surface area (Å²) in [5, 5.41) is 2.93. The summed E-state index contributed by atoms with van der Waals surface area (Å²) < 4.78 is 10.3. The number of nitrogens with zero attached hydrogens (tertiary/aromatic N) is 2. The first-order valence-electron chi connectivity index (χ1n) is 8.94. The molecule has 2 amide bonds. The van der Waals surface area contributed by atoms with Crippen LogP contribution in [0.3, 0.4) is 0 Å². The maximum Gasteiger partial charge on any atom is 0.257 e. The van der Waals surface area contributed by atoms with Crippen LogP contribution in [0.2, 0.25) is 0 Å². The van der Waals surface area contributed by atoms with Gasteiger partial charge in [0, 0.05) is 45.7 Å². The normalized spacial score (nSPS) is 15.3. The van der Waals surface area contributed by atoms with Crippen LogP contribution in [0.5, 0.6) is 0 Å². The van der Waals surface area contributed by atoms with Gasteiger partial charge >= 0.3 is 0 Å². The number of hydrogen-bond donors (Lipinski definition) is 1. The Morgan fingerprint density at radius 3 is 2.72 bits per heavy atom. The lowest BCUT2D eigenvalue weighted by molar-refractivity contribution is -0.121. The standard InChI is InChI=1S/C18H29N3O4/c1-15(2)13-21(18(23)16-4-10-25-14-16)6-3-17(22)19-5-7-20-8-11-24-12-9-20/h4,10,14-15H,3,5-9,11-13H2,1-2H3,(H,19,22). The predicted octanol–water partition coefficient (Wildman–Crippen LogP) is 1.22. The largest absolute Gasteiger partial charge is 0.472 e. The van der Waals surface area contributed by atoms with E-state index in [0.29, 0.717) is 37.5 Å². The van der Waals surface area contributed by atoms with Gasteiger partial charge in [0.1, 0.15) is 6.26 Å². The highest BCUT2D eigenvalue weighted by Gasteiger charge is 2.19. The van der Waals surface area contributed by atoms with Crippen LogP contribution >= 0.6 is 0 Å². The molecule has 2 heterocycles. The smallest absolute Gasteiger partial charge is 0.257 e. The SMILES string of the molecule is CC(C)CN(CCC(=O)NCCN1CCOCC1)C(=O)c1ccoc1. The second-order valence-electron chi connectivity index (χ2n) is 6.71. The summed E-state index contributed by atoms with van der Waals surface area (Å²) in [4.78, 5) is 28.6. The molecule has 7 heteroatoms. The fourth-order valence-electron chi connectivity index (χ4n) is 2.79. The molecule has 25 heavy (non-hydrogen) atoms. The van der Waals surface area contributed by atoms with Gasteiger partial charge in [-0.15, -0.1) is 0 Å². The third-order valence-electron chi connectivity index (χ3n) is 4.10. The molecule has 0 aliphatic carbocycles. The highest BCUT2D eigenvalue weighted by molar-refractivity contribution is 5.94. The Morgan fingerprint density at radius 1 is 1.32 bits per heavy atom. The highest BCUT2D eigenvalue weighted by Crippen LogP contribution is 2.09. The molecule has 1 aromatic rings. The lowest BCUT2D eigenvalue weighted by Crippen LogP contribution is -2.42. The van der Waals surface area contributed by atoms with E-state index in [1.54, 1.807) is 11.0 Å². The zero-order valence-electron chi connectivity index (χ0n) is 15.2. The third-order valence-corrected chi connectivity index (χ3v) is 4.10. The van der Waals surface area contributed by atoms with E-state index in [1.165, 1.54) is 12.5 Å². The van der Waals surface area contributed by atoms with Crippen LogP contribution in [0.15, 0.2) is 23.0 Å². The molecule has 140 valence electrons. The molecule has 1 saturated heterocycles. The first-order valence-corrected chi connectivity index (χ1v) is 8.94. The number of carbonyl (C=O) groups excluding carboxylic acids is 2. The zero-order valence-corrected chi connectivity index (χ0v) is 15.2. The molecule has 1 aromatic heterocycles. The maximum atomic E-state index is 12.5. The zero-order chi connectivity index (χ0) is 18.1. The number of ether oxygens (including phenoxy) is 1. The van der Waals surface area contributed by atoms with Crippen molar-refractivity contribution in [2.75, 3.05) is 52.5 Å². The molecule has 0 aromatic carbocycles. The minimum absolute atomic E-state index is 0.0259. The van der Waals surface area contributed by atoms with Gasteiger partial charge in [-0.2, -0.15) is 0 Å². The Bertz CT molecular complexity index is 524. The summed E-state index contributed by atoms with van der Waals surface area (Å²) in [6.45, 7) is 9.93. The van der Waals surface area contributed by atoms with E-state index in [2.05, 4.69) is 24.1 Å². The Hall–Kier alpha value is -1.86. The van der Waals surface area contributed by atoms with Crippen LogP contribution in [0, 0.1) is 5.92 Å². The van der Waals surface area contributed by atoms with E-state index in [0.717, 1.165) is 32.8 Å². The lowest BCUT2D eigenvalue weighted by Gasteiger charge is -2.26. The van der Waals surface area contributed by atoms with E-state index in [4.69, 9.17) is 9.15 Å². The fourth-order valence-corrected chi connectivity index (χ4v) is 2.79. The van der Waals surface area contributed by atoms with Crippen molar-refractivity contribution in [3.63, 3.8) is 0 Å². The Labute approximate surface area is 149 Å². The molecule has 0 saturated carbocycles. The number of rotatable bonds is 9. The van der Waals surface area contributed by atoms with Gasteiger partial charge in [0.25, 0.3) is 5.91 Å². The average molecular weight is 351 g/mol. The molecule has 1 aliphatic heterocycles. The van der Waals surface area contributed by atoms with Crippen molar-refractivity contribution >= 4 is 11.8 Å². The summed E-state index contributed by atoms with van der Waals surface area (Å²) in [6, 6.07) is 1.65. The first-order chi connectivity index (χ1) is 12.1. The van der Waals surface area contributed by atoms with Crippen LogP contribution in [0.4, 0.5) is 0 Å². The molecular weight excluding hydrogens is 322 g/mol. The van der Waals surface area contributed by atoms with Gasteiger partial charge in [-0.25, -0.2) is 0 Å². The van der Waals surface area contributed by atoms with Crippen molar-refractivity contribution in [2.45, 2.75) is 20.3 Å². The maximum absolute atomic E-state index is 12.5. The van der Waals surface area contributed by atoms with Crippen molar-refractivity contribution in [1.29, 1.82) is 0 Å². The van der Waals surface area contributed by atoms with E-state index in [-0.39, 0.29) is 11.8 Å². The van der Waals surface area contributed by atoms with Crippen LogP contribution in [-0.2, 0) is 9.53 Å².